The molecule has 0 aliphatic rings. The van der Waals surface area contributed by atoms with Gasteiger partial charge in [0.05, 0.1) is 16.5 Å². The molecule has 0 spiro atoms. The third kappa shape index (κ3) is 6.63. The molecular formula is C20H22F2N2O4S. The number of nitrogens with one attached hydrogen (secondary N) is 2. The van der Waals surface area contributed by atoms with E-state index in [0.717, 1.165) is 24.0 Å². The Morgan fingerprint density at radius 3 is 2.31 bits per heavy atom. The highest BCUT2D eigenvalue weighted by molar-refractivity contribution is 7.90. The normalized spacial score (nSPS) is 12.3. The fraction of sp³-hybridized carbons (Fsp3) is 0.300. The molecule has 2 aromatic carbocycles. The van der Waals surface area contributed by atoms with Crippen LogP contribution in [-0.4, -0.2) is 33.0 Å². The van der Waals surface area contributed by atoms with Crippen molar-refractivity contribution in [3.63, 3.8) is 0 Å². The maximum absolute atomic E-state index is 13.5. The monoisotopic (exact) mass is 424 g/mol. The number of rotatable bonds is 8. The van der Waals surface area contributed by atoms with Crippen LogP contribution in [0.5, 0.6) is 0 Å². The van der Waals surface area contributed by atoms with Crippen molar-refractivity contribution in [1.29, 1.82) is 0 Å². The Morgan fingerprint density at radius 1 is 1.07 bits per heavy atom. The second-order valence-corrected chi connectivity index (χ2v) is 8.63. The van der Waals surface area contributed by atoms with Crippen LogP contribution in [0.1, 0.15) is 41.7 Å². The van der Waals surface area contributed by atoms with Crippen molar-refractivity contribution in [2.45, 2.75) is 30.7 Å². The minimum Gasteiger partial charge on any atom is -0.352 e. The summed E-state index contributed by atoms with van der Waals surface area (Å²) in [5.74, 6) is -2.64. The molecule has 156 valence electrons. The molecule has 29 heavy (non-hydrogen) atoms. The summed E-state index contributed by atoms with van der Waals surface area (Å²) in [5.41, 5.74) is 0.493. The van der Waals surface area contributed by atoms with E-state index in [-0.39, 0.29) is 35.4 Å². The predicted molar refractivity (Wildman–Crippen MR) is 104 cm³/mol. The molecular weight excluding hydrogens is 402 g/mol. The van der Waals surface area contributed by atoms with Crippen LogP contribution in [0.4, 0.5) is 8.78 Å². The smallest absolute Gasteiger partial charge is 0.254 e. The number of hydrogen-bond acceptors (Lipinski definition) is 4. The number of hydrogen-bond donors (Lipinski definition) is 2. The maximum Gasteiger partial charge on any atom is 0.254 e. The predicted octanol–water partition coefficient (Wildman–Crippen LogP) is 2.76. The average Bonchev–Trinajstić information content (AvgIpc) is 2.64. The lowest BCUT2D eigenvalue weighted by atomic mass is 10.1. The van der Waals surface area contributed by atoms with Gasteiger partial charge in [-0.05, 0) is 43.2 Å². The molecule has 0 fully saturated rings. The van der Waals surface area contributed by atoms with E-state index in [9.17, 15) is 26.8 Å². The van der Waals surface area contributed by atoms with Crippen LogP contribution >= 0.6 is 0 Å². The molecule has 0 aromatic heterocycles. The molecule has 2 rings (SSSR count). The first-order valence-corrected chi connectivity index (χ1v) is 10.8. The lowest BCUT2D eigenvalue weighted by molar-refractivity contribution is -0.121. The topological polar surface area (TPSA) is 92.3 Å². The van der Waals surface area contributed by atoms with Crippen molar-refractivity contribution in [3.05, 3.63) is 65.2 Å². The highest BCUT2D eigenvalue weighted by Gasteiger charge is 2.14. The van der Waals surface area contributed by atoms with Gasteiger partial charge >= 0.3 is 0 Å². The Balaban J connectivity index is 1.77. The highest BCUT2D eigenvalue weighted by Crippen LogP contribution is 2.16. The lowest BCUT2D eigenvalue weighted by Gasteiger charge is -2.15. The van der Waals surface area contributed by atoms with E-state index in [4.69, 9.17) is 0 Å². The van der Waals surface area contributed by atoms with E-state index in [1.807, 2.05) is 0 Å². The third-order valence-electron chi connectivity index (χ3n) is 4.23. The van der Waals surface area contributed by atoms with Crippen molar-refractivity contribution < 1.29 is 26.8 Å². The summed E-state index contributed by atoms with van der Waals surface area (Å²) in [6, 6.07) is 8.61. The largest absolute Gasteiger partial charge is 0.352 e. The Morgan fingerprint density at radius 2 is 1.72 bits per heavy atom. The zero-order valence-electron chi connectivity index (χ0n) is 16.0. The minimum absolute atomic E-state index is 0.137. The van der Waals surface area contributed by atoms with E-state index >= 15 is 0 Å². The van der Waals surface area contributed by atoms with Crippen LogP contribution in [0.15, 0.2) is 47.4 Å². The van der Waals surface area contributed by atoms with Crippen LogP contribution in [0, 0.1) is 11.6 Å². The molecule has 1 unspecified atom stereocenters. The van der Waals surface area contributed by atoms with Crippen molar-refractivity contribution in [3.8, 4) is 0 Å². The fourth-order valence-corrected chi connectivity index (χ4v) is 3.25. The summed E-state index contributed by atoms with van der Waals surface area (Å²) < 4.78 is 49.3. The standard InChI is InChI=1S/C20H22F2N2O4S/c1-13(14-5-8-16(9-6-14)29(2,27)28)24-19(25)4-3-11-23-20(26)17-10-7-15(21)12-18(17)22/h5-10,12-13H,3-4,11H2,1-2H3,(H,23,26)(H,24,25). The number of carbonyl (C=O) groups excluding carboxylic acids is 2. The minimum atomic E-state index is -3.28. The number of sulfone groups is 1. The van der Waals surface area contributed by atoms with Gasteiger partial charge in [-0.1, -0.05) is 12.1 Å². The van der Waals surface area contributed by atoms with E-state index in [2.05, 4.69) is 10.6 Å². The van der Waals surface area contributed by atoms with Gasteiger partial charge in [0.2, 0.25) is 5.91 Å². The van der Waals surface area contributed by atoms with Crippen LogP contribution < -0.4 is 10.6 Å². The average molecular weight is 424 g/mol. The highest BCUT2D eigenvalue weighted by atomic mass is 32.2. The van der Waals surface area contributed by atoms with Gasteiger partial charge in [0.1, 0.15) is 11.6 Å². The van der Waals surface area contributed by atoms with Crippen LogP contribution in [0.3, 0.4) is 0 Å². The zero-order chi connectivity index (χ0) is 21.6. The molecule has 0 saturated heterocycles. The van der Waals surface area contributed by atoms with Crippen molar-refractivity contribution in [2.24, 2.45) is 0 Å². The molecule has 0 bridgehead atoms. The first-order valence-electron chi connectivity index (χ1n) is 8.90. The number of amides is 2. The molecule has 0 aliphatic carbocycles. The van der Waals surface area contributed by atoms with Crippen molar-refractivity contribution >= 4 is 21.7 Å². The first kappa shape index (κ1) is 22.5. The fourth-order valence-electron chi connectivity index (χ4n) is 2.62. The van der Waals surface area contributed by atoms with E-state index in [1.54, 1.807) is 19.1 Å². The Kier molecular flexibility index (Phi) is 7.44. The molecule has 2 amide bonds. The zero-order valence-corrected chi connectivity index (χ0v) is 16.9. The molecule has 0 aliphatic heterocycles. The van der Waals surface area contributed by atoms with Gasteiger partial charge in [0.15, 0.2) is 9.84 Å². The van der Waals surface area contributed by atoms with Gasteiger partial charge in [-0.2, -0.15) is 0 Å². The Labute approximate surface area is 168 Å². The summed E-state index contributed by atoms with van der Waals surface area (Å²) >= 11 is 0. The number of benzene rings is 2. The molecule has 9 heteroatoms. The lowest BCUT2D eigenvalue weighted by Crippen LogP contribution is -2.29. The second kappa shape index (κ2) is 9.60. The summed E-state index contributed by atoms with van der Waals surface area (Å²) in [4.78, 5) is 24.1. The van der Waals surface area contributed by atoms with Gasteiger partial charge in [-0.15, -0.1) is 0 Å². The molecule has 0 radical (unpaired) electrons. The maximum atomic E-state index is 13.5. The molecule has 2 aromatic rings. The van der Waals surface area contributed by atoms with Crippen molar-refractivity contribution in [2.75, 3.05) is 12.8 Å². The summed E-state index contributed by atoms with van der Waals surface area (Å²) in [6.07, 6.45) is 1.59. The van der Waals surface area contributed by atoms with E-state index in [0.29, 0.717) is 12.5 Å². The van der Waals surface area contributed by atoms with Crippen LogP contribution in [-0.2, 0) is 14.6 Å². The van der Waals surface area contributed by atoms with Gasteiger partial charge in [0, 0.05) is 25.3 Å². The van der Waals surface area contributed by atoms with Crippen LogP contribution in [0.25, 0.3) is 0 Å². The molecule has 1 atom stereocenters. The van der Waals surface area contributed by atoms with E-state index < -0.39 is 27.4 Å². The van der Waals surface area contributed by atoms with Gasteiger partial charge in [-0.25, -0.2) is 17.2 Å². The van der Waals surface area contributed by atoms with Gasteiger partial charge in [-0.3, -0.25) is 9.59 Å². The van der Waals surface area contributed by atoms with Crippen molar-refractivity contribution in [1.82, 2.24) is 10.6 Å². The number of halogens is 2. The molecule has 6 nitrogen and oxygen atoms in total. The second-order valence-electron chi connectivity index (χ2n) is 6.61. The first-order chi connectivity index (χ1) is 13.6. The Bertz CT molecular complexity index is 992. The third-order valence-corrected chi connectivity index (χ3v) is 5.36. The quantitative estimate of drug-likeness (QED) is 0.638. The molecule has 0 saturated carbocycles. The molecule has 0 heterocycles. The van der Waals surface area contributed by atoms with Gasteiger partial charge < -0.3 is 10.6 Å². The summed E-state index contributed by atoms with van der Waals surface area (Å²) in [7, 11) is -3.28. The number of carbonyl (C=O) groups is 2. The Hall–Kier alpha value is -2.81. The summed E-state index contributed by atoms with van der Waals surface area (Å²) in [6.45, 7) is 1.92. The SMILES string of the molecule is CC(NC(=O)CCCNC(=O)c1ccc(F)cc1F)c1ccc(S(C)(=O)=O)cc1. The molecule has 2 N–H and O–H groups in total. The van der Waals surface area contributed by atoms with Gasteiger partial charge in [0.25, 0.3) is 5.91 Å². The van der Waals surface area contributed by atoms with E-state index in [1.165, 1.54) is 12.1 Å². The van der Waals surface area contributed by atoms with Crippen LogP contribution in [0.2, 0.25) is 0 Å². The summed E-state index contributed by atoms with van der Waals surface area (Å²) in [5, 5.41) is 5.27.